The SMILES string of the molecule is O=C(C=Cc1ccccc1N1CCN(C(=O)Nc2ccc(OC(F)(F)F)cc2)CC1=O)NO. The standard InChI is InChI=1S/C21H19F3N4O5/c22-21(23,24)33-16-8-6-15(7-9-16)25-20(31)27-11-12-28(19(30)13-27)17-4-2-1-3-14(17)5-10-18(29)26-32/h1-10,32H,11-13H2,(H,25,31)(H,26,29). The van der Waals surface area contributed by atoms with Crippen molar-refractivity contribution in [3.05, 3.63) is 60.2 Å². The number of ether oxygens (including phenoxy) is 1. The van der Waals surface area contributed by atoms with Crippen LogP contribution in [0.2, 0.25) is 0 Å². The summed E-state index contributed by atoms with van der Waals surface area (Å²) in [6.07, 6.45) is -2.26. The van der Waals surface area contributed by atoms with Crippen molar-refractivity contribution in [1.82, 2.24) is 10.4 Å². The fraction of sp³-hybridized carbons (Fsp3) is 0.190. The third-order valence-electron chi connectivity index (χ3n) is 4.60. The van der Waals surface area contributed by atoms with Gasteiger partial charge in [0.25, 0.3) is 5.91 Å². The molecule has 1 aliphatic heterocycles. The van der Waals surface area contributed by atoms with Crippen LogP contribution in [0.15, 0.2) is 54.6 Å². The summed E-state index contributed by atoms with van der Waals surface area (Å²) < 4.78 is 40.5. The van der Waals surface area contributed by atoms with E-state index in [0.717, 1.165) is 18.2 Å². The van der Waals surface area contributed by atoms with E-state index in [1.165, 1.54) is 33.5 Å². The molecule has 1 aliphatic rings. The average molecular weight is 464 g/mol. The number of para-hydroxylation sites is 1. The van der Waals surface area contributed by atoms with E-state index in [0.29, 0.717) is 11.3 Å². The number of rotatable bonds is 5. The summed E-state index contributed by atoms with van der Waals surface area (Å²) in [5.41, 5.74) is 2.81. The van der Waals surface area contributed by atoms with Crippen LogP contribution in [-0.4, -0.2) is 53.9 Å². The Hall–Kier alpha value is -4.06. The van der Waals surface area contributed by atoms with Crippen LogP contribution in [0.3, 0.4) is 0 Å². The van der Waals surface area contributed by atoms with Gasteiger partial charge in [-0.2, -0.15) is 0 Å². The summed E-state index contributed by atoms with van der Waals surface area (Å²) in [5.74, 6) is -1.51. The molecule has 174 valence electrons. The topological polar surface area (TPSA) is 111 Å². The zero-order valence-electron chi connectivity index (χ0n) is 17.0. The maximum atomic E-state index is 12.7. The third-order valence-corrected chi connectivity index (χ3v) is 4.60. The molecular formula is C21H19F3N4O5. The number of benzene rings is 2. The minimum atomic E-state index is -4.82. The Balaban J connectivity index is 1.63. The maximum Gasteiger partial charge on any atom is 0.573 e. The maximum absolute atomic E-state index is 12.7. The summed E-state index contributed by atoms with van der Waals surface area (Å²) in [6.45, 7) is 0.153. The number of carbonyl (C=O) groups is 3. The number of hydrogen-bond donors (Lipinski definition) is 3. The van der Waals surface area contributed by atoms with E-state index in [2.05, 4.69) is 10.1 Å². The quantitative estimate of drug-likeness (QED) is 0.358. The van der Waals surface area contributed by atoms with Gasteiger partial charge in [-0.15, -0.1) is 13.2 Å². The number of alkyl halides is 3. The Bertz CT molecular complexity index is 1060. The van der Waals surface area contributed by atoms with Gasteiger partial charge in [-0.25, -0.2) is 10.3 Å². The molecule has 0 spiro atoms. The lowest BCUT2D eigenvalue weighted by Gasteiger charge is -2.35. The first-order chi connectivity index (χ1) is 15.7. The second kappa shape index (κ2) is 10.0. The van der Waals surface area contributed by atoms with Crippen molar-refractivity contribution >= 4 is 35.3 Å². The Labute approximate surface area is 186 Å². The van der Waals surface area contributed by atoms with Crippen molar-refractivity contribution in [1.29, 1.82) is 0 Å². The molecular weight excluding hydrogens is 445 g/mol. The van der Waals surface area contributed by atoms with E-state index in [9.17, 15) is 27.6 Å². The van der Waals surface area contributed by atoms with Gasteiger partial charge in [-0.05, 0) is 42.0 Å². The lowest BCUT2D eigenvalue weighted by atomic mass is 10.1. The Kier molecular flexibility index (Phi) is 7.18. The first-order valence-corrected chi connectivity index (χ1v) is 9.59. The highest BCUT2D eigenvalue weighted by Gasteiger charge is 2.31. The molecule has 4 amide bonds. The van der Waals surface area contributed by atoms with Crippen LogP contribution in [0.25, 0.3) is 6.08 Å². The Morgan fingerprint density at radius 2 is 1.76 bits per heavy atom. The molecule has 3 rings (SSSR count). The number of hydroxylamine groups is 1. The first-order valence-electron chi connectivity index (χ1n) is 9.59. The first kappa shape index (κ1) is 23.6. The minimum Gasteiger partial charge on any atom is -0.406 e. The zero-order chi connectivity index (χ0) is 24.0. The van der Waals surface area contributed by atoms with Crippen molar-refractivity contribution in [2.75, 3.05) is 29.9 Å². The number of nitrogens with zero attached hydrogens (tertiary/aromatic N) is 2. The van der Waals surface area contributed by atoms with Gasteiger partial charge in [0, 0.05) is 24.9 Å². The van der Waals surface area contributed by atoms with E-state index in [-0.39, 0.29) is 31.2 Å². The van der Waals surface area contributed by atoms with Gasteiger partial charge in [0.05, 0.1) is 5.69 Å². The smallest absolute Gasteiger partial charge is 0.406 e. The zero-order valence-corrected chi connectivity index (χ0v) is 17.0. The fourth-order valence-corrected chi connectivity index (χ4v) is 3.12. The second-order valence-electron chi connectivity index (χ2n) is 6.84. The van der Waals surface area contributed by atoms with Crippen LogP contribution < -0.4 is 20.4 Å². The van der Waals surface area contributed by atoms with Crippen molar-refractivity contribution in [2.45, 2.75) is 6.36 Å². The van der Waals surface area contributed by atoms with Crippen molar-refractivity contribution in [3.63, 3.8) is 0 Å². The Morgan fingerprint density at radius 1 is 1.06 bits per heavy atom. The van der Waals surface area contributed by atoms with Gasteiger partial charge in [0.2, 0.25) is 5.91 Å². The highest BCUT2D eigenvalue weighted by molar-refractivity contribution is 6.01. The van der Waals surface area contributed by atoms with Crippen molar-refractivity contribution in [3.8, 4) is 5.75 Å². The lowest BCUT2D eigenvalue weighted by Crippen LogP contribution is -2.53. The summed E-state index contributed by atoms with van der Waals surface area (Å²) >= 11 is 0. The van der Waals surface area contributed by atoms with Gasteiger partial charge in [0.1, 0.15) is 12.3 Å². The number of halogens is 3. The number of carbonyl (C=O) groups excluding carboxylic acids is 3. The summed E-state index contributed by atoms with van der Waals surface area (Å²) in [4.78, 5) is 39.2. The van der Waals surface area contributed by atoms with Crippen LogP contribution in [0, 0.1) is 0 Å². The van der Waals surface area contributed by atoms with Crippen LogP contribution in [0.4, 0.5) is 29.3 Å². The summed E-state index contributed by atoms with van der Waals surface area (Å²) in [7, 11) is 0. The molecule has 1 heterocycles. The van der Waals surface area contributed by atoms with E-state index in [4.69, 9.17) is 5.21 Å². The predicted molar refractivity (Wildman–Crippen MR) is 111 cm³/mol. The van der Waals surface area contributed by atoms with E-state index in [1.54, 1.807) is 24.3 Å². The van der Waals surface area contributed by atoms with E-state index < -0.39 is 24.1 Å². The predicted octanol–water partition coefficient (Wildman–Crippen LogP) is 2.98. The van der Waals surface area contributed by atoms with Crippen LogP contribution >= 0.6 is 0 Å². The molecule has 0 saturated carbocycles. The molecule has 0 atom stereocenters. The van der Waals surface area contributed by atoms with Gasteiger partial charge < -0.3 is 19.9 Å². The van der Waals surface area contributed by atoms with E-state index >= 15 is 0 Å². The molecule has 12 heteroatoms. The van der Waals surface area contributed by atoms with Crippen molar-refractivity contribution < 1.29 is 37.5 Å². The third kappa shape index (κ3) is 6.46. The molecule has 1 saturated heterocycles. The molecule has 0 unspecified atom stereocenters. The number of urea groups is 1. The van der Waals surface area contributed by atoms with Crippen LogP contribution in [-0.2, 0) is 9.59 Å². The molecule has 3 N–H and O–H groups in total. The number of piperazine rings is 1. The normalized spacial score (nSPS) is 14.4. The number of nitrogens with one attached hydrogen (secondary N) is 2. The van der Waals surface area contributed by atoms with Gasteiger partial charge in [-0.1, -0.05) is 18.2 Å². The molecule has 1 fully saturated rings. The van der Waals surface area contributed by atoms with E-state index in [1.807, 2.05) is 0 Å². The summed E-state index contributed by atoms with van der Waals surface area (Å²) in [5, 5.41) is 11.1. The highest BCUT2D eigenvalue weighted by Crippen LogP contribution is 2.25. The molecule has 0 aliphatic carbocycles. The minimum absolute atomic E-state index is 0.182. The van der Waals surface area contributed by atoms with Gasteiger partial charge in [0.15, 0.2) is 0 Å². The number of amides is 4. The second-order valence-corrected chi connectivity index (χ2v) is 6.84. The highest BCUT2D eigenvalue weighted by atomic mass is 19.4. The number of anilines is 2. The lowest BCUT2D eigenvalue weighted by molar-refractivity contribution is -0.274. The molecule has 2 aromatic carbocycles. The molecule has 2 aromatic rings. The molecule has 0 aromatic heterocycles. The molecule has 33 heavy (non-hydrogen) atoms. The molecule has 0 radical (unpaired) electrons. The molecule has 9 nitrogen and oxygen atoms in total. The molecule has 0 bridgehead atoms. The van der Waals surface area contributed by atoms with Gasteiger partial charge in [-0.3, -0.25) is 14.8 Å². The van der Waals surface area contributed by atoms with Crippen LogP contribution in [0.1, 0.15) is 5.56 Å². The Morgan fingerprint density at radius 3 is 2.39 bits per heavy atom. The van der Waals surface area contributed by atoms with Gasteiger partial charge >= 0.3 is 12.4 Å². The van der Waals surface area contributed by atoms with Crippen LogP contribution in [0.5, 0.6) is 5.75 Å². The monoisotopic (exact) mass is 464 g/mol. The average Bonchev–Trinajstić information content (AvgIpc) is 2.78. The number of hydrogen-bond acceptors (Lipinski definition) is 5. The largest absolute Gasteiger partial charge is 0.573 e. The fourth-order valence-electron chi connectivity index (χ4n) is 3.12. The summed E-state index contributed by atoms with van der Waals surface area (Å²) in [6, 6.07) is 10.9. The van der Waals surface area contributed by atoms with Crippen molar-refractivity contribution in [2.24, 2.45) is 0 Å².